The van der Waals surface area contributed by atoms with Gasteiger partial charge in [0, 0.05) is 13.5 Å². The van der Waals surface area contributed by atoms with E-state index >= 15 is 4.39 Å². The maximum atomic E-state index is 16.1. The van der Waals surface area contributed by atoms with Crippen LogP contribution < -0.4 is 11.3 Å². The number of ether oxygens (including phenoxy) is 1. The zero-order chi connectivity index (χ0) is 31.1. The molecule has 2 saturated heterocycles. The van der Waals surface area contributed by atoms with Crippen molar-refractivity contribution in [3.8, 4) is 0 Å². The van der Waals surface area contributed by atoms with Crippen LogP contribution in [0.5, 0.6) is 0 Å². The highest BCUT2D eigenvalue weighted by atomic mass is 32.7. The predicted octanol–water partition coefficient (Wildman–Crippen LogP) is 1.17. The highest BCUT2D eigenvalue weighted by Crippen LogP contribution is 2.60. The Morgan fingerprint density at radius 2 is 1.76 bits per heavy atom. The lowest BCUT2D eigenvalue weighted by molar-refractivity contribution is -0.0539. The summed E-state index contributed by atoms with van der Waals surface area (Å²) in [6.45, 7) is -9.19. The molecule has 1 aliphatic carbocycles. The molecule has 2 unspecified atom stereocenters. The second-order valence-corrected chi connectivity index (χ2v) is 16.0. The van der Waals surface area contributed by atoms with E-state index in [0.717, 1.165) is 0 Å². The van der Waals surface area contributed by atoms with Crippen molar-refractivity contribution in [2.24, 2.45) is 7.05 Å². The van der Waals surface area contributed by atoms with E-state index in [9.17, 15) is 19.4 Å². The molecule has 0 amide bonds. The molecule has 3 aliphatic rings. The Morgan fingerprint density at radius 3 is 2.53 bits per heavy atom. The van der Waals surface area contributed by atoms with Crippen LogP contribution in [0.4, 0.5) is 10.2 Å². The number of nitrogens with zero attached hydrogens (tertiary/aromatic N) is 8. The standard InChI is InChI=1S/C21H24FN9O9P2S2.CH4/c1-29-5-28-19-13(20(29)33)27-6-30(19)8-2-9-14(32)15(8)39-41(34,43)36-3-10-16(40-42(35,44)38-9)11(22)21(37-10)31-7-26-12-17(23)24-4-25-18(12)31;/h4-11,14-16,21,32H,2-3H2,1H3,(H,34,43)(H,35,44)(H2,23,24,25);1H4/t8-,9+,10-,11-,14-,15+,16-,21-,41?,42?;/m1./s1. The lowest BCUT2D eigenvalue weighted by Crippen LogP contribution is -2.37. The van der Waals surface area contributed by atoms with E-state index < -0.39 is 74.6 Å². The first kappa shape index (κ1) is 32.5. The predicted molar refractivity (Wildman–Crippen MR) is 161 cm³/mol. The van der Waals surface area contributed by atoms with Crippen LogP contribution in [0.1, 0.15) is 26.1 Å². The normalized spacial score (nSPS) is 37.2. The molecule has 7 rings (SSSR count). The van der Waals surface area contributed by atoms with Crippen LogP contribution in [0.3, 0.4) is 0 Å². The summed E-state index contributed by atoms with van der Waals surface area (Å²) in [6, 6.07) is -0.891. The molecule has 45 heavy (non-hydrogen) atoms. The Labute approximate surface area is 263 Å². The summed E-state index contributed by atoms with van der Waals surface area (Å²) < 4.78 is 62.0. The molecular weight excluding hydrogens is 679 g/mol. The first-order valence-electron chi connectivity index (χ1n) is 13.0. The molecule has 2 aliphatic heterocycles. The topological polar surface area (TPSA) is 226 Å². The summed E-state index contributed by atoms with van der Waals surface area (Å²) >= 11 is 9.33. The number of anilines is 1. The van der Waals surface area contributed by atoms with Gasteiger partial charge in [-0.2, -0.15) is 0 Å². The molecule has 4 N–H and O–H groups in total. The number of aromatic nitrogens is 8. The smallest absolute Gasteiger partial charge is 0.386 e. The fourth-order valence-electron chi connectivity index (χ4n) is 5.63. The Kier molecular flexibility index (Phi) is 8.44. The van der Waals surface area contributed by atoms with E-state index in [0.29, 0.717) is 0 Å². The summed E-state index contributed by atoms with van der Waals surface area (Å²) in [5.74, 6) is 0.0644. The van der Waals surface area contributed by atoms with Crippen molar-refractivity contribution < 1.29 is 41.8 Å². The number of aliphatic hydroxyl groups is 1. The molecule has 4 aromatic rings. The van der Waals surface area contributed by atoms with E-state index in [4.69, 9.17) is 40.4 Å². The molecule has 3 fully saturated rings. The van der Waals surface area contributed by atoms with Crippen molar-refractivity contribution in [3.05, 3.63) is 35.7 Å². The summed E-state index contributed by atoms with van der Waals surface area (Å²) in [6.07, 6.45) is -5.52. The Bertz CT molecular complexity index is 1930. The van der Waals surface area contributed by atoms with Crippen molar-refractivity contribution >= 4 is 65.7 Å². The third-order valence-electron chi connectivity index (χ3n) is 7.68. The number of aliphatic hydroxyl groups excluding tert-OH is 1. The van der Waals surface area contributed by atoms with Gasteiger partial charge in [0.25, 0.3) is 5.56 Å². The molecule has 2 bridgehead atoms. The quantitative estimate of drug-likeness (QED) is 0.169. The second-order valence-electron chi connectivity index (χ2n) is 10.4. The molecule has 244 valence electrons. The minimum Gasteiger partial charge on any atom is -0.388 e. The van der Waals surface area contributed by atoms with E-state index in [2.05, 4.69) is 37.2 Å². The third kappa shape index (κ3) is 5.63. The van der Waals surface area contributed by atoms with E-state index in [-0.39, 0.29) is 42.0 Å². The summed E-state index contributed by atoms with van der Waals surface area (Å²) in [7, 11) is 1.51. The summed E-state index contributed by atoms with van der Waals surface area (Å²) in [5.41, 5.74) is 6.00. The molecule has 0 aromatic carbocycles. The summed E-state index contributed by atoms with van der Waals surface area (Å²) in [5, 5.41) is 11.2. The summed E-state index contributed by atoms with van der Waals surface area (Å²) in [4.78, 5) is 44.2. The largest absolute Gasteiger partial charge is 0.388 e. The number of nitrogen functional groups attached to an aromatic ring is 1. The average molecular weight is 708 g/mol. The number of nitrogens with two attached hydrogens (primary N) is 1. The highest BCUT2D eigenvalue weighted by Gasteiger charge is 2.54. The minimum absolute atomic E-state index is 0. The van der Waals surface area contributed by atoms with Gasteiger partial charge in [-0.25, -0.2) is 33.9 Å². The number of hydrogen-bond donors (Lipinski definition) is 4. The number of aryl methyl sites for hydroxylation is 1. The van der Waals surface area contributed by atoms with Crippen molar-refractivity contribution in [1.29, 1.82) is 0 Å². The fraction of sp³-hybridized carbons (Fsp3) is 0.545. The van der Waals surface area contributed by atoms with Crippen LogP contribution in [0.15, 0.2) is 30.1 Å². The number of rotatable bonds is 2. The lowest BCUT2D eigenvalue weighted by Gasteiger charge is -2.30. The Hall–Kier alpha value is -2.42. The van der Waals surface area contributed by atoms with Crippen molar-refractivity contribution in [2.45, 2.75) is 62.8 Å². The molecule has 0 spiro atoms. The van der Waals surface area contributed by atoms with Crippen LogP contribution in [0.2, 0.25) is 0 Å². The lowest BCUT2D eigenvalue weighted by atomic mass is 10.1. The first-order chi connectivity index (χ1) is 20.8. The number of imidazole rings is 2. The van der Waals surface area contributed by atoms with Crippen LogP contribution >= 0.6 is 25.8 Å². The monoisotopic (exact) mass is 707 g/mol. The highest BCUT2D eigenvalue weighted by molar-refractivity contribution is 8.44. The molecule has 23 heteroatoms. The van der Waals surface area contributed by atoms with Gasteiger partial charge in [0.15, 0.2) is 35.0 Å². The number of fused-ring (bicyclic) bond motifs is 5. The number of thiol groups is 1. The third-order valence-corrected chi connectivity index (χ3v) is 10.9. The van der Waals surface area contributed by atoms with Gasteiger partial charge in [-0.3, -0.25) is 22.9 Å². The molecule has 6 heterocycles. The molecule has 0 radical (unpaired) electrons. The molecule has 10 atom stereocenters. The van der Waals surface area contributed by atoms with Gasteiger partial charge in [0.2, 0.25) is 0 Å². The maximum Gasteiger partial charge on any atom is 0.386 e. The van der Waals surface area contributed by atoms with Gasteiger partial charge in [-0.1, -0.05) is 19.7 Å². The van der Waals surface area contributed by atoms with Gasteiger partial charge in [0.05, 0.1) is 37.7 Å². The number of halogens is 1. The fourth-order valence-corrected chi connectivity index (χ4v) is 8.92. The second kappa shape index (κ2) is 11.7. The van der Waals surface area contributed by atoms with Crippen LogP contribution in [0.25, 0.3) is 22.3 Å². The zero-order valence-electron chi connectivity index (χ0n) is 22.4. The molecular formula is C22H28FN9O9P2S2. The van der Waals surface area contributed by atoms with Crippen molar-refractivity contribution in [3.63, 3.8) is 0 Å². The molecule has 1 saturated carbocycles. The van der Waals surface area contributed by atoms with Gasteiger partial charge in [-0.15, -0.1) is 0 Å². The van der Waals surface area contributed by atoms with Gasteiger partial charge in [0.1, 0.15) is 36.3 Å². The minimum atomic E-state index is -4.30. The molecule has 18 nitrogen and oxygen atoms in total. The van der Waals surface area contributed by atoms with Crippen molar-refractivity contribution in [2.75, 3.05) is 12.3 Å². The van der Waals surface area contributed by atoms with Crippen LogP contribution in [0, 0.1) is 0 Å². The van der Waals surface area contributed by atoms with Gasteiger partial charge in [-0.05, 0) is 11.8 Å². The van der Waals surface area contributed by atoms with Gasteiger partial charge >= 0.3 is 13.5 Å². The number of alkyl halides is 1. The number of hydrogen-bond acceptors (Lipinski definition) is 15. The maximum absolute atomic E-state index is 16.1. The average Bonchev–Trinajstić information content (AvgIpc) is 3.72. The first-order valence-corrected chi connectivity index (χ1v) is 18.3. The Morgan fingerprint density at radius 1 is 1.04 bits per heavy atom. The zero-order valence-corrected chi connectivity index (χ0v) is 25.9. The van der Waals surface area contributed by atoms with Crippen LogP contribution in [-0.4, -0.2) is 91.9 Å². The van der Waals surface area contributed by atoms with Gasteiger partial charge < -0.3 is 34.1 Å². The molecule has 4 aromatic heterocycles. The Balaban J connectivity index is 0.00000357. The van der Waals surface area contributed by atoms with E-state index in [1.165, 1.54) is 46.1 Å². The van der Waals surface area contributed by atoms with Crippen molar-refractivity contribution in [1.82, 2.24) is 38.6 Å². The van der Waals surface area contributed by atoms with E-state index in [1.807, 2.05) is 0 Å². The van der Waals surface area contributed by atoms with E-state index in [1.54, 1.807) is 0 Å². The van der Waals surface area contributed by atoms with Crippen LogP contribution in [-0.2, 0) is 46.3 Å². The SMILES string of the molecule is C.Cn1cnc2c(ncn2[C@@H]2C[C@@H]3OP(O)(=S)O[C@H]4[C@@H](F)[C@H](n5cnc6c(N)ncnc65)O[C@@H]4COP(=O)(S)O[C@@H]2[C@@H]3O)c1=O.